The number of carbonyl (C=O) groups excluding carboxylic acids is 2. The van der Waals surface area contributed by atoms with Gasteiger partial charge in [0.05, 0.1) is 30.7 Å². The Balaban J connectivity index is 1.93. The van der Waals surface area contributed by atoms with Crippen molar-refractivity contribution in [2.75, 3.05) is 37.5 Å². The summed E-state index contributed by atoms with van der Waals surface area (Å²) in [5, 5.41) is 2.70. The minimum Gasteiger partial charge on any atom is -0.465 e. The summed E-state index contributed by atoms with van der Waals surface area (Å²) in [7, 11) is 0.0440. The van der Waals surface area contributed by atoms with Gasteiger partial charge < -0.3 is 10.1 Å². The number of nitrogens with one attached hydrogen (secondary N) is 1. The number of benzene rings is 1. The fraction of sp³-hybridized carbons (Fsp3) is 0.467. The maximum absolute atomic E-state index is 12.1. The summed E-state index contributed by atoms with van der Waals surface area (Å²) in [6.07, 6.45) is 0.546. The second-order valence-electron chi connectivity index (χ2n) is 5.59. The Kier molecular flexibility index (Phi) is 5.38. The summed E-state index contributed by atoms with van der Waals surface area (Å²) in [6, 6.07) is 6.31. The summed E-state index contributed by atoms with van der Waals surface area (Å²) in [6.45, 7) is 0.0860. The van der Waals surface area contributed by atoms with Gasteiger partial charge >= 0.3 is 5.97 Å². The van der Waals surface area contributed by atoms with Gasteiger partial charge in [0.25, 0.3) is 0 Å². The second kappa shape index (κ2) is 7.10. The van der Waals surface area contributed by atoms with Gasteiger partial charge in [0.15, 0.2) is 9.84 Å². The lowest BCUT2D eigenvalue weighted by Crippen LogP contribution is -2.38. The molecule has 1 aromatic carbocycles. The van der Waals surface area contributed by atoms with Crippen molar-refractivity contribution in [3.8, 4) is 0 Å². The number of hydrogen-bond acceptors (Lipinski definition) is 6. The Bertz CT molecular complexity index is 702. The number of amides is 1. The van der Waals surface area contributed by atoms with E-state index in [2.05, 4.69) is 10.1 Å². The predicted octanol–water partition coefficient (Wildman–Crippen LogP) is 0.531. The van der Waals surface area contributed by atoms with E-state index in [0.29, 0.717) is 17.7 Å². The predicted molar refractivity (Wildman–Crippen MR) is 86.1 cm³/mol. The van der Waals surface area contributed by atoms with Gasteiger partial charge in [-0.1, -0.05) is 6.07 Å². The first-order valence-corrected chi connectivity index (χ1v) is 9.02. The lowest BCUT2D eigenvalue weighted by Gasteiger charge is -2.22. The van der Waals surface area contributed by atoms with Crippen LogP contribution in [0.3, 0.4) is 0 Å². The number of esters is 1. The molecule has 1 aliphatic heterocycles. The van der Waals surface area contributed by atoms with Crippen LogP contribution in [0.4, 0.5) is 5.69 Å². The number of hydrogen-bond donors (Lipinski definition) is 1. The van der Waals surface area contributed by atoms with Crippen molar-refractivity contribution in [3.05, 3.63) is 29.8 Å². The van der Waals surface area contributed by atoms with Gasteiger partial charge in [0.2, 0.25) is 5.91 Å². The third-order valence-corrected chi connectivity index (χ3v) is 5.54. The average molecular weight is 340 g/mol. The zero-order valence-electron chi connectivity index (χ0n) is 13.1. The standard InChI is InChI=1S/C15H20N2O5S/c1-17(13-6-7-23(20,21)10-13)9-14(18)16-12-5-3-4-11(8-12)15(19)22-2/h3-5,8,13H,6-7,9-10H2,1-2H3,(H,16,18). The fourth-order valence-electron chi connectivity index (χ4n) is 2.52. The van der Waals surface area contributed by atoms with Crippen molar-refractivity contribution in [1.82, 2.24) is 4.90 Å². The Morgan fingerprint density at radius 1 is 1.39 bits per heavy atom. The molecule has 0 saturated carbocycles. The highest BCUT2D eigenvalue weighted by Crippen LogP contribution is 2.17. The van der Waals surface area contributed by atoms with Crippen LogP contribution in [0.15, 0.2) is 24.3 Å². The van der Waals surface area contributed by atoms with Crippen LogP contribution < -0.4 is 5.32 Å². The van der Waals surface area contributed by atoms with Crippen LogP contribution in [0.2, 0.25) is 0 Å². The van der Waals surface area contributed by atoms with Crippen LogP contribution in [-0.2, 0) is 19.4 Å². The molecule has 0 aromatic heterocycles. The van der Waals surface area contributed by atoms with E-state index in [0.717, 1.165) is 0 Å². The highest BCUT2D eigenvalue weighted by Gasteiger charge is 2.31. The molecule has 0 aliphatic carbocycles. The lowest BCUT2D eigenvalue weighted by molar-refractivity contribution is -0.117. The van der Waals surface area contributed by atoms with Gasteiger partial charge in [0.1, 0.15) is 0 Å². The van der Waals surface area contributed by atoms with E-state index in [-0.39, 0.29) is 30.0 Å². The maximum Gasteiger partial charge on any atom is 0.337 e. The van der Waals surface area contributed by atoms with Gasteiger partial charge in [-0.05, 0) is 31.7 Å². The molecule has 1 atom stereocenters. The highest BCUT2D eigenvalue weighted by molar-refractivity contribution is 7.91. The SMILES string of the molecule is COC(=O)c1cccc(NC(=O)CN(C)C2CCS(=O)(=O)C2)c1. The van der Waals surface area contributed by atoms with E-state index < -0.39 is 15.8 Å². The third kappa shape index (κ3) is 4.77. The lowest BCUT2D eigenvalue weighted by atomic mass is 10.2. The number of ether oxygens (including phenoxy) is 1. The molecule has 1 heterocycles. The topological polar surface area (TPSA) is 92.8 Å². The van der Waals surface area contributed by atoms with Gasteiger partial charge in [0, 0.05) is 11.7 Å². The molecule has 8 heteroatoms. The van der Waals surface area contributed by atoms with Crippen molar-refractivity contribution in [1.29, 1.82) is 0 Å². The van der Waals surface area contributed by atoms with Crippen LogP contribution in [0.5, 0.6) is 0 Å². The summed E-state index contributed by atoms with van der Waals surface area (Å²) in [5.41, 5.74) is 0.839. The quantitative estimate of drug-likeness (QED) is 0.786. The van der Waals surface area contributed by atoms with Crippen molar-refractivity contribution in [3.63, 3.8) is 0 Å². The zero-order chi connectivity index (χ0) is 17.0. The summed E-state index contributed by atoms with van der Waals surface area (Å²) < 4.78 is 27.6. The van der Waals surface area contributed by atoms with Gasteiger partial charge in [-0.3, -0.25) is 9.69 Å². The van der Waals surface area contributed by atoms with Crippen LogP contribution in [0.1, 0.15) is 16.8 Å². The van der Waals surface area contributed by atoms with Crippen molar-refractivity contribution in [2.24, 2.45) is 0 Å². The molecule has 1 saturated heterocycles. The number of rotatable bonds is 5. The van der Waals surface area contributed by atoms with E-state index in [1.165, 1.54) is 13.2 Å². The number of likely N-dealkylation sites (N-methyl/N-ethyl adjacent to an activating group) is 1. The third-order valence-electron chi connectivity index (χ3n) is 3.79. The molecule has 126 valence electrons. The monoisotopic (exact) mass is 340 g/mol. The van der Waals surface area contributed by atoms with E-state index in [1.807, 2.05) is 0 Å². The van der Waals surface area contributed by atoms with E-state index >= 15 is 0 Å². The Labute approximate surface area is 135 Å². The summed E-state index contributed by atoms with van der Waals surface area (Å²) in [4.78, 5) is 25.3. The molecule has 2 rings (SSSR count). The summed E-state index contributed by atoms with van der Waals surface area (Å²) >= 11 is 0. The summed E-state index contributed by atoms with van der Waals surface area (Å²) in [5.74, 6) is -0.479. The molecular weight excluding hydrogens is 320 g/mol. The molecule has 0 radical (unpaired) electrons. The van der Waals surface area contributed by atoms with Gasteiger partial charge in [-0.2, -0.15) is 0 Å². The first-order valence-electron chi connectivity index (χ1n) is 7.19. The molecule has 1 fully saturated rings. The first-order chi connectivity index (χ1) is 10.8. The molecule has 0 bridgehead atoms. The number of methoxy groups -OCH3 is 1. The van der Waals surface area contributed by atoms with E-state index in [1.54, 1.807) is 30.1 Å². The molecule has 1 unspecified atom stereocenters. The smallest absolute Gasteiger partial charge is 0.337 e. The van der Waals surface area contributed by atoms with E-state index in [9.17, 15) is 18.0 Å². The molecular formula is C15H20N2O5S. The van der Waals surface area contributed by atoms with Crippen LogP contribution >= 0.6 is 0 Å². The van der Waals surface area contributed by atoms with E-state index in [4.69, 9.17) is 0 Å². The number of carbonyl (C=O) groups is 2. The van der Waals surface area contributed by atoms with Crippen molar-refractivity contribution in [2.45, 2.75) is 12.5 Å². The highest BCUT2D eigenvalue weighted by atomic mass is 32.2. The first kappa shape index (κ1) is 17.4. The Morgan fingerprint density at radius 2 is 2.13 bits per heavy atom. The largest absolute Gasteiger partial charge is 0.465 e. The molecule has 23 heavy (non-hydrogen) atoms. The van der Waals surface area contributed by atoms with Crippen molar-refractivity contribution < 1.29 is 22.7 Å². The number of anilines is 1. The Hall–Kier alpha value is -1.93. The van der Waals surface area contributed by atoms with Crippen molar-refractivity contribution >= 4 is 27.4 Å². The van der Waals surface area contributed by atoms with Gasteiger partial charge in [-0.25, -0.2) is 13.2 Å². The molecule has 0 spiro atoms. The molecule has 1 aliphatic rings. The maximum atomic E-state index is 12.1. The Morgan fingerprint density at radius 3 is 2.74 bits per heavy atom. The minimum atomic E-state index is -2.98. The number of sulfone groups is 1. The normalized spacial score (nSPS) is 19.5. The molecule has 1 amide bonds. The number of nitrogens with zero attached hydrogens (tertiary/aromatic N) is 1. The minimum absolute atomic E-state index is 0.0860. The second-order valence-corrected chi connectivity index (χ2v) is 7.82. The van der Waals surface area contributed by atoms with Gasteiger partial charge in [-0.15, -0.1) is 0 Å². The molecule has 1 N–H and O–H groups in total. The molecule has 7 nitrogen and oxygen atoms in total. The van der Waals surface area contributed by atoms with Crippen LogP contribution in [-0.4, -0.2) is 63.4 Å². The zero-order valence-corrected chi connectivity index (χ0v) is 13.9. The fourth-order valence-corrected chi connectivity index (χ4v) is 4.33. The van der Waals surface area contributed by atoms with Crippen LogP contribution in [0, 0.1) is 0 Å². The molecule has 1 aromatic rings. The van der Waals surface area contributed by atoms with Crippen LogP contribution in [0.25, 0.3) is 0 Å². The average Bonchev–Trinajstić information content (AvgIpc) is 2.86.